The van der Waals surface area contributed by atoms with Crippen LogP contribution in [-0.2, 0) is 22.6 Å². The second-order valence-electron chi connectivity index (χ2n) is 6.05. The Hall–Kier alpha value is -0.900. The van der Waals surface area contributed by atoms with E-state index in [1.165, 1.54) is 24.0 Å². The molecule has 1 aliphatic heterocycles. The molecule has 1 aromatic rings. The molecule has 2 fully saturated rings. The largest absolute Gasteiger partial charge is 0.381 e. The normalized spacial score (nSPS) is 20.2. The van der Waals surface area contributed by atoms with Crippen LogP contribution < -0.4 is 5.32 Å². The molecule has 0 bridgehead atoms. The third kappa shape index (κ3) is 4.58. The summed E-state index contributed by atoms with van der Waals surface area (Å²) in [5.41, 5.74) is 2.65. The molecule has 1 aliphatic carbocycles. The van der Waals surface area contributed by atoms with E-state index in [-0.39, 0.29) is 0 Å². The Labute approximate surface area is 121 Å². The van der Waals surface area contributed by atoms with E-state index in [4.69, 9.17) is 9.47 Å². The van der Waals surface area contributed by atoms with E-state index in [0.717, 1.165) is 51.9 Å². The molecule has 3 nitrogen and oxygen atoms in total. The van der Waals surface area contributed by atoms with Crippen LogP contribution in [0, 0.1) is 5.92 Å². The number of rotatable bonds is 7. The van der Waals surface area contributed by atoms with Gasteiger partial charge in [0.1, 0.15) is 0 Å². The lowest BCUT2D eigenvalue weighted by Gasteiger charge is -2.21. The van der Waals surface area contributed by atoms with E-state index in [0.29, 0.717) is 5.92 Å². The first kappa shape index (κ1) is 14.1. The molecule has 0 unspecified atom stereocenters. The first-order chi connectivity index (χ1) is 9.90. The molecular weight excluding hydrogens is 250 g/mol. The van der Waals surface area contributed by atoms with Crippen molar-refractivity contribution in [1.82, 2.24) is 5.32 Å². The average molecular weight is 275 g/mol. The maximum atomic E-state index is 5.88. The summed E-state index contributed by atoms with van der Waals surface area (Å²) in [5, 5.41) is 3.55. The van der Waals surface area contributed by atoms with Crippen LogP contribution in [0.1, 0.15) is 36.8 Å². The van der Waals surface area contributed by atoms with Crippen molar-refractivity contribution in [3.05, 3.63) is 35.4 Å². The quantitative estimate of drug-likeness (QED) is 0.830. The molecule has 1 heterocycles. The third-order valence-corrected chi connectivity index (χ3v) is 4.13. The van der Waals surface area contributed by atoms with Crippen LogP contribution in [0.3, 0.4) is 0 Å². The Kier molecular flexibility index (Phi) is 5.06. The lowest BCUT2D eigenvalue weighted by Crippen LogP contribution is -2.20. The van der Waals surface area contributed by atoms with Crippen LogP contribution in [0.15, 0.2) is 24.3 Å². The minimum absolute atomic E-state index is 0.684. The van der Waals surface area contributed by atoms with E-state index in [1.54, 1.807) is 0 Å². The van der Waals surface area contributed by atoms with Crippen LogP contribution in [0.4, 0.5) is 0 Å². The summed E-state index contributed by atoms with van der Waals surface area (Å²) in [5.74, 6) is 0.684. The molecule has 0 aromatic heterocycles. The molecule has 2 aliphatic rings. The van der Waals surface area contributed by atoms with E-state index >= 15 is 0 Å². The van der Waals surface area contributed by atoms with Crippen molar-refractivity contribution in [2.75, 3.05) is 19.8 Å². The first-order valence-electron chi connectivity index (χ1n) is 7.87. The van der Waals surface area contributed by atoms with E-state index < -0.39 is 0 Å². The van der Waals surface area contributed by atoms with Crippen molar-refractivity contribution in [3.8, 4) is 0 Å². The van der Waals surface area contributed by atoms with Crippen molar-refractivity contribution in [1.29, 1.82) is 0 Å². The fourth-order valence-electron chi connectivity index (χ4n) is 2.64. The minimum atomic E-state index is 0.684. The Morgan fingerprint density at radius 1 is 1.10 bits per heavy atom. The molecule has 3 heteroatoms. The highest BCUT2D eigenvalue weighted by atomic mass is 16.5. The van der Waals surface area contributed by atoms with Crippen LogP contribution >= 0.6 is 0 Å². The molecule has 1 saturated carbocycles. The minimum Gasteiger partial charge on any atom is -0.381 e. The van der Waals surface area contributed by atoms with E-state index in [1.807, 2.05) is 0 Å². The zero-order valence-electron chi connectivity index (χ0n) is 12.1. The monoisotopic (exact) mass is 275 g/mol. The van der Waals surface area contributed by atoms with Crippen LogP contribution in [0.2, 0.25) is 0 Å². The smallest absolute Gasteiger partial charge is 0.0717 e. The zero-order chi connectivity index (χ0) is 13.6. The lowest BCUT2D eigenvalue weighted by molar-refractivity contribution is 0.0157. The summed E-state index contributed by atoms with van der Waals surface area (Å²) in [6.45, 7) is 4.38. The highest BCUT2D eigenvalue weighted by Crippen LogP contribution is 2.19. The summed E-state index contributed by atoms with van der Waals surface area (Å²) in [7, 11) is 0. The average Bonchev–Trinajstić information content (AvgIpc) is 3.31. The topological polar surface area (TPSA) is 30.5 Å². The van der Waals surface area contributed by atoms with Crippen molar-refractivity contribution in [2.45, 2.75) is 44.9 Å². The van der Waals surface area contributed by atoms with Crippen molar-refractivity contribution >= 4 is 0 Å². The SMILES string of the molecule is c1cc(CNC2CC2)cc(COCC2CCOCC2)c1. The molecule has 0 amide bonds. The van der Waals surface area contributed by atoms with Gasteiger partial charge in [-0.05, 0) is 42.7 Å². The van der Waals surface area contributed by atoms with E-state index in [9.17, 15) is 0 Å². The Morgan fingerprint density at radius 3 is 2.70 bits per heavy atom. The standard InChI is InChI=1S/C17H25NO2/c1-2-15(11-18-17-4-5-17)10-16(3-1)13-20-12-14-6-8-19-9-7-14/h1-3,10,14,17-18H,4-9,11-13H2. The summed E-state index contributed by atoms with van der Waals surface area (Å²) in [6.07, 6.45) is 4.97. The second-order valence-corrected chi connectivity index (χ2v) is 6.05. The van der Waals surface area contributed by atoms with Gasteiger partial charge in [0.2, 0.25) is 0 Å². The van der Waals surface area contributed by atoms with Gasteiger partial charge in [-0.15, -0.1) is 0 Å². The molecule has 110 valence electrons. The molecule has 1 saturated heterocycles. The Balaban J connectivity index is 1.40. The van der Waals surface area contributed by atoms with Gasteiger partial charge in [0.25, 0.3) is 0 Å². The summed E-state index contributed by atoms with van der Waals surface area (Å²) >= 11 is 0. The van der Waals surface area contributed by atoms with E-state index in [2.05, 4.69) is 29.6 Å². The van der Waals surface area contributed by atoms with Crippen molar-refractivity contribution in [2.24, 2.45) is 5.92 Å². The van der Waals surface area contributed by atoms with Crippen LogP contribution in [0.25, 0.3) is 0 Å². The number of nitrogens with one attached hydrogen (secondary N) is 1. The predicted octanol–water partition coefficient (Wildman–Crippen LogP) is 2.88. The first-order valence-corrected chi connectivity index (χ1v) is 7.87. The molecule has 0 atom stereocenters. The highest BCUT2D eigenvalue weighted by Gasteiger charge is 2.19. The molecule has 1 N–H and O–H groups in total. The maximum absolute atomic E-state index is 5.88. The fourth-order valence-corrected chi connectivity index (χ4v) is 2.64. The number of hydrogen-bond donors (Lipinski definition) is 1. The van der Waals surface area contributed by atoms with Gasteiger partial charge in [-0.2, -0.15) is 0 Å². The van der Waals surface area contributed by atoms with Gasteiger partial charge < -0.3 is 14.8 Å². The summed E-state index contributed by atoms with van der Waals surface area (Å²) in [6, 6.07) is 9.52. The predicted molar refractivity (Wildman–Crippen MR) is 79.5 cm³/mol. The van der Waals surface area contributed by atoms with Gasteiger partial charge >= 0.3 is 0 Å². The van der Waals surface area contributed by atoms with Crippen molar-refractivity contribution < 1.29 is 9.47 Å². The number of ether oxygens (including phenoxy) is 2. The van der Waals surface area contributed by atoms with Gasteiger partial charge in [0, 0.05) is 25.8 Å². The lowest BCUT2D eigenvalue weighted by atomic mass is 10.0. The van der Waals surface area contributed by atoms with Gasteiger partial charge in [-0.3, -0.25) is 0 Å². The Morgan fingerprint density at radius 2 is 1.90 bits per heavy atom. The Bertz CT molecular complexity index is 411. The maximum Gasteiger partial charge on any atom is 0.0717 e. The number of benzene rings is 1. The van der Waals surface area contributed by atoms with Gasteiger partial charge in [-0.25, -0.2) is 0 Å². The number of hydrogen-bond acceptors (Lipinski definition) is 3. The molecule has 0 spiro atoms. The summed E-state index contributed by atoms with van der Waals surface area (Å²) < 4.78 is 11.2. The van der Waals surface area contributed by atoms with Crippen molar-refractivity contribution in [3.63, 3.8) is 0 Å². The molecular formula is C17H25NO2. The van der Waals surface area contributed by atoms with Gasteiger partial charge in [-0.1, -0.05) is 24.3 Å². The van der Waals surface area contributed by atoms with Gasteiger partial charge in [0.15, 0.2) is 0 Å². The van der Waals surface area contributed by atoms with Crippen LogP contribution in [-0.4, -0.2) is 25.9 Å². The fraction of sp³-hybridized carbons (Fsp3) is 0.647. The zero-order valence-corrected chi connectivity index (χ0v) is 12.1. The molecule has 20 heavy (non-hydrogen) atoms. The highest BCUT2D eigenvalue weighted by molar-refractivity contribution is 5.23. The second kappa shape index (κ2) is 7.21. The van der Waals surface area contributed by atoms with Crippen LogP contribution in [0.5, 0.6) is 0 Å². The molecule has 1 aromatic carbocycles. The summed E-state index contributed by atoms with van der Waals surface area (Å²) in [4.78, 5) is 0. The molecule has 3 rings (SSSR count). The molecule has 0 radical (unpaired) electrons. The third-order valence-electron chi connectivity index (χ3n) is 4.13. The van der Waals surface area contributed by atoms with Gasteiger partial charge in [0.05, 0.1) is 13.2 Å².